The largest absolute Gasteiger partial charge is 0.373 e. The lowest BCUT2D eigenvalue weighted by atomic mass is 9.87. The summed E-state index contributed by atoms with van der Waals surface area (Å²) in [5.41, 5.74) is 3.33. The fourth-order valence-corrected chi connectivity index (χ4v) is 2.85. The van der Waals surface area contributed by atoms with Gasteiger partial charge in [-0.3, -0.25) is 10.1 Å². The SMILES string of the molecule is O=[N+]([O-])c1ccccc1N[C@H]1CCCc2ccccc21. The van der Waals surface area contributed by atoms with Crippen LogP contribution in [-0.4, -0.2) is 4.92 Å². The first-order valence-electron chi connectivity index (χ1n) is 6.83. The van der Waals surface area contributed by atoms with Crippen molar-refractivity contribution >= 4 is 11.4 Å². The number of nitro benzene ring substituents is 1. The van der Waals surface area contributed by atoms with E-state index >= 15 is 0 Å². The Morgan fingerprint density at radius 1 is 1.10 bits per heavy atom. The number of para-hydroxylation sites is 2. The van der Waals surface area contributed by atoms with Crippen LogP contribution < -0.4 is 5.32 Å². The van der Waals surface area contributed by atoms with Crippen molar-refractivity contribution in [1.82, 2.24) is 0 Å². The number of hydrogen-bond donors (Lipinski definition) is 1. The van der Waals surface area contributed by atoms with E-state index in [1.165, 1.54) is 17.2 Å². The maximum Gasteiger partial charge on any atom is 0.292 e. The second-order valence-corrected chi connectivity index (χ2v) is 5.06. The lowest BCUT2D eigenvalue weighted by molar-refractivity contribution is -0.384. The predicted octanol–water partition coefficient (Wildman–Crippen LogP) is 4.08. The van der Waals surface area contributed by atoms with E-state index in [1.807, 2.05) is 18.2 Å². The summed E-state index contributed by atoms with van der Waals surface area (Å²) in [5, 5.41) is 14.4. The van der Waals surface area contributed by atoms with Gasteiger partial charge in [-0.15, -0.1) is 0 Å². The summed E-state index contributed by atoms with van der Waals surface area (Å²) in [4.78, 5) is 10.7. The molecule has 1 N–H and O–H groups in total. The Morgan fingerprint density at radius 2 is 1.85 bits per heavy atom. The van der Waals surface area contributed by atoms with Crippen molar-refractivity contribution in [2.45, 2.75) is 25.3 Å². The minimum atomic E-state index is -0.336. The average Bonchev–Trinajstić information content (AvgIpc) is 2.48. The fraction of sp³-hybridized carbons (Fsp3) is 0.250. The zero-order valence-electron chi connectivity index (χ0n) is 11.1. The molecule has 2 aromatic carbocycles. The molecular weight excluding hydrogens is 252 g/mol. The van der Waals surface area contributed by atoms with E-state index in [-0.39, 0.29) is 16.7 Å². The van der Waals surface area contributed by atoms with Crippen LogP contribution in [0.15, 0.2) is 48.5 Å². The highest BCUT2D eigenvalue weighted by atomic mass is 16.6. The smallest absolute Gasteiger partial charge is 0.292 e. The zero-order chi connectivity index (χ0) is 13.9. The van der Waals surface area contributed by atoms with Crippen LogP contribution >= 0.6 is 0 Å². The van der Waals surface area contributed by atoms with Crippen LogP contribution in [0, 0.1) is 10.1 Å². The molecule has 102 valence electrons. The summed E-state index contributed by atoms with van der Waals surface area (Å²) < 4.78 is 0. The van der Waals surface area contributed by atoms with Gasteiger partial charge >= 0.3 is 0 Å². The van der Waals surface area contributed by atoms with Crippen LogP contribution in [0.2, 0.25) is 0 Å². The first-order valence-corrected chi connectivity index (χ1v) is 6.83. The molecule has 0 radical (unpaired) electrons. The van der Waals surface area contributed by atoms with Crippen molar-refractivity contribution < 1.29 is 4.92 Å². The highest BCUT2D eigenvalue weighted by molar-refractivity contribution is 5.62. The molecule has 4 nitrogen and oxygen atoms in total. The number of hydrogen-bond acceptors (Lipinski definition) is 3. The third-order valence-corrected chi connectivity index (χ3v) is 3.80. The second-order valence-electron chi connectivity index (χ2n) is 5.06. The van der Waals surface area contributed by atoms with Gasteiger partial charge in [0.1, 0.15) is 5.69 Å². The van der Waals surface area contributed by atoms with Crippen molar-refractivity contribution in [3.8, 4) is 0 Å². The molecule has 1 aliphatic carbocycles. The Bertz CT molecular complexity index is 640. The summed E-state index contributed by atoms with van der Waals surface area (Å²) >= 11 is 0. The quantitative estimate of drug-likeness (QED) is 0.674. The summed E-state index contributed by atoms with van der Waals surface area (Å²) in [6.45, 7) is 0. The Kier molecular flexibility index (Phi) is 3.37. The molecule has 0 unspecified atom stereocenters. The second kappa shape index (κ2) is 5.33. The van der Waals surface area contributed by atoms with Gasteiger partial charge in [-0.05, 0) is 36.5 Å². The lowest BCUT2D eigenvalue weighted by Crippen LogP contribution is -2.17. The average molecular weight is 268 g/mol. The minimum Gasteiger partial charge on any atom is -0.373 e. The molecule has 0 fully saturated rings. The summed E-state index contributed by atoms with van der Waals surface area (Å²) in [6.07, 6.45) is 3.20. The number of benzene rings is 2. The van der Waals surface area contributed by atoms with E-state index in [4.69, 9.17) is 0 Å². The number of aryl methyl sites for hydroxylation is 1. The van der Waals surface area contributed by atoms with Gasteiger partial charge in [0.25, 0.3) is 5.69 Å². The molecule has 0 bridgehead atoms. The molecule has 0 aliphatic heterocycles. The van der Waals surface area contributed by atoms with Crippen LogP contribution in [0.4, 0.5) is 11.4 Å². The van der Waals surface area contributed by atoms with Crippen LogP contribution in [0.5, 0.6) is 0 Å². The van der Waals surface area contributed by atoms with Gasteiger partial charge in [0.2, 0.25) is 0 Å². The highest BCUT2D eigenvalue weighted by Crippen LogP contribution is 2.34. The lowest BCUT2D eigenvalue weighted by Gasteiger charge is -2.27. The van der Waals surface area contributed by atoms with Crippen molar-refractivity contribution in [3.05, 3.63) is 69.8 Å². The number of nitro groups is 1. The molecule has 0 amide bonds. The number of nitrogens with one attached hydrogen (secondary N) is 1. The standard InChI is InChI=1S/C16H16N2O2/c19-18(20)16-11-4-3-9-15(16)17-14-10-5-7-12-6-1-2-8-13(12)14/h1-4,6,8-9,11,14,17H,5,7,10H2/t14-/m0/s1. The van der Waals surface area contributed by atoms with E-state index in [2.05, 4.69) is 17.4 Å². The minimum absolute atomic E-state index is 0.135. The number of fused-ring (bicyclic) bond motifs is 1. The molecule has 0 spiro atoms. The van der Waals surface area contributed by atoms with E-state index in [1.54, 1.807) is 12.1 Å². The molecule has 20 heavy (non-hydrogen) atoms. The molecule has 0 saturated carbocycles. The zero-order valence-corrected chi connectivity index (χ0v) is 11.1. The maximum atomic E-state index is 11.1. The topological polar surface area (TPSA) is 55.2 Å². The van der Waals surface area contributed by atoms with Crippen molar-refractivity contribution in [2.75, 3.05) is 5.32 Å². The number of anilines is 1. The van der Waals surface area contributed by atoms with Crippen molar-refractivity contribution in [3.63, 3.8) is 0 Å². The van der Waals surface area contributed by atoms with Gasteiger partial charge in [-0.25, -0.2) is 0 Å². The van der Waals surface area contributed by atoms with E-state index in [9.17, 15) is 10.1 Å². The van der Waals surface area contributed by atoms with Crippen LogP contribution in [0.1, 0.15) is 30.0 Å². The van der Waals surface area contributed by atoms with Crippen LogP contribution in [-0.2, 0) is 6.42 Å². The van der Waals surface area contributed by atoms with Gasteiger partial charge in [0.15, 0.2) is 0 Å². The third kappa shape index (κ3) is 2.37. The summed E-state index contributed by atoms with van der Waals surface area (Å²) in [7, 11) is 0. The Hall–Kier alpha value is -2.36. The Balaban J connectivity index is 1.92. The van der Waals surface area contributed by atoms with E-state index < -0.39 is 0 Å². The fourth-order valence-electron chi connectivity index (χ4n) is 2.85. The first kappa shape index (κ1) is 12.7. The molecule has 0 aromatic heterocycles. The molecule has 1 atom stereocenters. The van der Waals surface area contributed by atoms with E-state index in [0.29, 0.717) is 5.69 Å². The highest BCUT2D eigenvalue weighted by Gasteiger charge is 2.22. The van der Waals surface area contributed by atoms with Crippen LogP contribution in [0.25, 0.3) is 0 Å². The maximum absolute atomic E-state index is 11.1. The van der Waals surface area contributed by atoms with Gasteiger partial charge in [0, 0.05) is 6.07 Å². The third-order valence-electron chi connectivity index (χ3n) is 3.80. The summed E-state index contributed by atoms with van der Waals surface area (Å²) in [5.74, 6) is 0. The molecule has 0 saturated heterocycles. The van der Waals surface area contributed by atoms with Crippen molar-refractivity contribution in [1.29, 1.82) is 0 Å². The predicted molar refractivity (Wildman–Crippen MR) is 78.8 cm³/mol. The molecule has 2 aromatic rings. The van der Waals surface area contributed by atoms with Gasteiger partial charge < -0.3 is 5.32 Å². The van der Waals surface area contributed by atoms with Gasteiger partial charge in [-0.2, -0.15) is 0 Å². The van der Waals surface area contributed by atoms with Gasteiger partial charge in [0.05, 0.1) is 11.0 Å². The van der Waals surface area contributed by atoms with Crippen LogP contribution in [0.3, 0.4) is 0 Å². The van der Waals surface area contributed by atoms with Gasteiger partial charge in [-0.1, -0.05) is 36.4 Å². The van der Waals surface area contributed by atoms with Crippen molar-refractivity contribution in [2.24, 2.45) is 0 Å². The first-order chi connectivity index (χ1) is 9.75. The monoisotopic (exact) mass is 268 g/mol. The number of rotatable bonds is 3. The molecular formula is C16H16N2O2. The normalized spacial score (nSPS) is 17.3. The molecule has 1 aliphatic rings. The summed E-state index contributed by atoms with van der Waals surface area (Å²) in [6, 6.07) is 15.3. The Labute approximate surface area is 117 Å². The molecule has 3 rings (SSSR count). The van der Waals surface area contributed by atoms with E-state index in [0.717, 1.165) is 19.3 Å². The molecule has 0 heterocycles. The number of nitrogens with zero attached hydrogens (tertiary/aromatic N) is 1. The Morgan fingerprint density at radius 3 is 2.70 bits per heavy atom. The molecule has 4 heteroatoms.